The molecular formula is C25H34FN7. The van der Waals surface area contributed by atoms with Crippen LogP contribution in [0, 0.1) is 5.82 Å². The first-order valence-electron chi connectivity index (χ1n) is 11.6. The van der Waals surface area contributed by atoms with Gasteiger partial charge in [-0.05, 0) is 60.5 Å². The summed E-state index contributed by atoms with van der Waals surface area (Å²) in [6.07, 6.45) is 0.915. The number of rotatable bonds is 7. The highest BCUT2D eigenvalue weighted by atomic mass is 19.1. The molecule has 7 nitrogen and oxygen atoms in total. The van der Waals surface area contributed by atoms with Gasteiger partial charge in [0, 0.05) is 46.0 Å². The van der Waals surface area contributed by atoms with Gasteiger partial charge in [0.25, 0.3) is 0 Å². The molecule has 1 aromatic heterocycles. The fourth-order valence-electron chi connectivity index (χ4n) is 4.35. The van der Waals surface area contributed by atoms with Crippen LogP contribution in [0.15, 0.2) is 48.5 Å². The van der Waals surface area contributed by atoms with Crippen LogP contribution in [-0.4, -0.2) is 65.4 Å². The Kier molecular flexibility index (Phi) is 6.65. The minimum atomic E-state index is -0.199. The summed E-state index contributed by atoms with van der Waals surface area (Å²) in [6, 6.07) is 15.5. The standard InChI is InChI=1S/C25H34FN7/c1-6-25(2,3)33-24(27-28-29-33)23(19-11-13-20(14-12-19)30(4)5)32-17-15-31(16-18-32)22-10-8-7-9-21(22)26/h7-14,23H,6,15-18H2,1-5H3/t23-/m1/s1. The first-order valence-corrected chi connectivity index (χ1v) is 11.6. The zero-order valence-electron chi connectivity index (χ0n) is 20.2. The topological polar surface area (TPSA) is 53.3 Å². The molecule has 4 rings (SSSR count). The lowest BCUT2D eigenvalue weighted by Crippen LogP contribution is -2.49. The summed E-state index contributed by atoms with van der Waals surface area (Å²) in [6.45, 7) is 9.53. The van der Waals surface area contributed by atoms with Crippen LogP contribution in [0.25, 0.3) is 0 Å². The summed E-state index contributed by atoms with van der Waals surface area (Å²) >= 11 is 0. The average molecular weight is 452 g/mol. The molecule has 0 unspecified atom stereocenters. The summed E-state index contributed by atoms with van der Waals surface area (Å²) in [5, 5.41) is 13.0. The van der Waals surface area contributed by atoms with Crippen molar-refractivity contribution in [2.24, 2.45) is 0 Å². The molecule has 0 bridgehead atoms. The van der Waals surface area contributed by atoms with Gasteiger partial charge < -0.3 is 9.80 Å². The number of tetrazole rings is 1. The minimum Gasteiger partial charge on any atom is -0.378 e. The maximum Gasteiger partial charge on any atom is 0.173 e. The monoisotopic (exact) mass is 451 g/mol. The molecule has 0 N–H and O–H groups in total. The Morgan fingerprint density at radius 2 is 1.67 bits per heavy atom. The number of benzene rings is 2. The van der Waals surface area contributed by atoms with Gasteiger partial charge in [-0.2, -0.15) is 0 Å². The van der Waals surface area contributed by atoms with Gasteiger partial charge in [-0.25, -0.2) is 9.07 Å². The summed E-state index contributed by atoms with van der Waals surface area (Å²) < 4.78 is 16.3. The number of hydrogen-bond donors (Lipinski definition) is 0. The number of para-hydroxylation sites is 1. The number of aromatic nitrogens is 4. The van der Waals surface area contributed by atoms with Crippen LogP contribution in [0.4, 0.5) is 15.8 Å². The van der Waals surface area contributed by atoms with Gasteiger partial charge in [-0.1, -0.05) is 31.2 Å². The molecule has 176 valence electrons. The Morgan fingerprint density at radius 1 is 1.00 bits per heavy atom. The van der Waals surface area contributed by atoms with E-state index < -0.39 is 0 Å². The fourth-order valence-corrected chi connectivity index (χ4v) is 4.35. The lowest BCUT2D eigenvalue weighted by molar-refractivity contribution is 0.187. The second kappa shape index (κ2) is 9.47. The highest BCUT2D eigenvalue weighted by Gasteiger charge is 2.34. The molecule has 3 aromatic rings. The van der Waals surface area contributed by atoms with Crippen molar-refractivity contribution in [3.63, 3.8) is 0 Å². The van der Waals surface area contributed by atoms with Gasteiger partial charge in [0.2, 0.25) is 0 Å². The van der Waals surface area contributed by atoms with Crippen molar-refractivity contribution in [1.29, 1.82) is 0 Å². The zero-order valence-corrected chi connectivity index (χ0v) is 20.2. The molecule has 1 aliphatic heterocycles. The van der Waals surface area contributed by atoms with E-state index in [0.717, 1.165) is 49.7 Å². The highest BCUT2D eigenvalue weighted by Crippen LogP contribution is 2.33. The maximum atomic E-state index is 14.4. The molecule has 1 atom stereocenters. The molecule has 0 radical (unpaired) electrons. The van der Waals surface area contributed by atoms with Gasteiger partial charge >= 0.3 is 0 Å². The first kappa shape index (κ1) is 23.2. The van der Waals surface area contributed by atoms with E-state index in [9.17, 15) is 4.39 Å². The van der Waals surface area contributed by atoms with Crippen molar-refractivity contribution in [1.82, 2.24) is 25.1 Å². The highest BCUT2D eigenvalue weighted by molar-refractivity contribution is 5.49. The van der Waals surface area contributed by atoms with E-state index in [1.807, 2.05) is 30.9 Å². The predicted molar refractivity (Wildman–Crippen MR) is 130 cm³/mol. The van der Waals surface area contributed by atoms with Crippen LogP contribution in [0.1, 0.15) is 44.6 Å². The zero-order chi connectivity index (χ0) is 23.6. The van der Waals surface area contributed by atoms with E-state index in [4.69, 9.17) is 0 Å². The van der Waals surface area contributed by atoms with Crippen molar-refractivity contribution in [2.45, 2.75) is 38.8 Å². The maximum absolute atomic E-state index is 14.4. The summed E-state index contributed by atoms with van der Waals surface area (Å²) in [7, 11) is 4.08. The van der Waals surface area contributed by atoms with Crippen LogP contribution in [-0.2, 0) is 5.54 Å². The molecule has 0 amide bonds. The van der Waals surface area contributed by atoms with Crippen molar-refractivity contribution in [3.05, 3.63) is 65.7 Å². The van der Waals surface area contributed by atoms with Crippen molar-refractivity contribution >= 4 is 11.4 Å². The van der Waals surface area contributed by atoms with Crippen LogP contribution in [0.5, 0.6) is 0 Å². The van der Waals surface area contributed by atoms with Crippen molar-refractivity contribution < 1.29 is 4.39 Å². The van der Waals surface area contributed by atoms with E-state index in [2.05, 4.69) is 75.3 Å². The van der Waals surface area contributed by atoms with Crippen LogP contribution < -0.4 is 9.80 Å². The predicted octanol–water partition coefficient (Wildman–Crippen LogP) is 3.93. The third-order valence-corrected chi connectivity index (χ3v) is 6.77. The number of halogens is 1. The first-order chi connectivity index (χ1) is 15.8. The Morgan fingerprint density at radius 3 is 2.27 bits per heavy atom. The third-order valence-electron chi connectivity index (χ3n) is 6.77. The van der Waals surface area contributed by atoms with Gasteiger partial charge in [-0.15, -0.1) is 5.10 Å². The third kappa shape index (κ3) is 4.71. The average Bonchev–Trinajstić information content (AvgIpc) is 3.31. The molecule has 33 heavy (non-hydrogen) atoms. The van der Waals surface area contributed by atoms with E-state index in [-0.39, 0.29) is 17.4 Å². The number of anilines is 2. The van der Waals surface area contributed by atoms with Crippen molar-refractivity contribution in [3.8, 4) is 0 Å². The molecule has 0 saturated carbocycles. The van der Waals surface area contributed by atoms with Crippen molar-refractivity contribution in [2.75, 3.05) is 50.1 Å². The van der Waals surface area contributed by atoms with E-state index >= 15 is 0 Å². The lowest BCUT2D eigenvalue weighted by Gasteiger charge is -2.40. The number of hydrogen-bond acceptors (Lipinski definition) is 6. The summed E-state index contributed by atoms with van der Waals surface area (Å²) in [4.78, 5) is 6.63. The number of nitrogens with zero attached hydrogens (tertiary/aromatic N) is 7. The summed E-state index contributed by atoms with van der Waals surface area (Å²) in [5.41, 5.74) is 2.77. The Hall–Kier alpha value is -3.00. The normalized spacial score (nSPS) is 16.1. The largest absolute Gasteiger partial charge is 0.378 e. The van der Waals surface area contributed by atoms with Gasteiger partial charge in [0.05, 0.1) is 17.3 Å². The molecular weight excluding hydrogens is 417 g/mol. The fraction of sp³-hybridized carbons (Fsp3) is 0.480. The number of piperazine rings is 1. The lowest BCUT2D eigenvalue weighted by atomic mass is 9.98. The van der Waals surface area contributed by atoms with Gasteiger partial charge in [0.1, 0.15) is 5.82 Å². The molecule has 0 spiro atoms. The summed E-state index contributed by atoms with van der Waals surface area (Å²) in [5.74, 6) is 0.675. The molecule has 8 heteroatoms. The molecule has 1 saturated heterocycles. The Bertz CT molecular complexity index is 1050. The molecule has 1 fully saturated rings. The van der Waals surface area contributed by atoms with Crippen LogP contribution in [0.3, 0.4) is 0 Å². The second-order valence-corrected chi connectivity index (χ2v) is 9.48. The molecule has 1 aliphatic rings. The minimum absolute atomic E-state index is 0.0789. The Balaban J connectivity index is 1.66. The van der Waals surface area contributed by atoms with E-state index in [1.54, 1.807) is 6.07 Å². The van der Waals surface area contributed by atoms with Crippen LogP contribution >= 0.6 is 0 Å². The quantitative estimate of drug-likeness (QED) is 0.543. The van der Waals surface area contributed by atoms with E-state index in [1.165, 1.54) is 6.07 Å². The Labute approximate surface area is 195 Å². The van der Waals surface area contributed by atoms with E-state index in [0.29, 0.717) is 5.69 Å². The molecule has 2 heterocycles. The van der Waals surface area contributed by atoms with Gasteiger partial charge in [-0.3, -0.25) is 4.90 Å². The van der Waals surface area contributed by atoms with Crippen LogP contribution in [0.2, 0.25) is 0 Å². The molecule has 0 aliphatic carbocycles. The smallest absolute Gasteiger partial charge is 0.173 e. The second-order valence-electron chi connectivity index (χ2n) is 9.48. The SMILES string of the molecule is CCC(C)(C)n1nnnc1[C@@H](c1ccc(N(C)C)cc1)N1CCN(c2ccccc2F)CC1. The molecule has 2 aromatic carbocycles. The van der Waals surface area contributed by atoms with Gasteiger partial charge in [0.15, 0.2) is 5.82 Å².